The Labute approximate surface area is 111 Å². The lowest BCUT2D eigenvalue weighted by atomic mass is 10.2. The van der Waals surface area contributed by atoms with Crippen LogP contribution >= 0.6 is 22.7 Å². The zero-order valence-corrected chi connectivity index (χ0v) is 11.0. The van der Waals surface area contributed by atoms with Crippen molar-refractivity contribution in [3.63, 3.8) is 0 Å². The summed E-state index contributed by atoms with van der Waals surface area (Å²) in [7, 11) is 0. The summed E-state index contributed by atoms with van der Waals surface area (Å²) in [6, 6.07) is 6.60. The van der Waals surface area contributed by atoms with Gasteiger partial charge in [-0.3, -0.25) is 4.98 Å². The zero-order valence-electron chi connectivity index (χ0n) is 9.34. The van der Waals surface area contributed by atoms with Crippen molar-refractivity contribution in [3.8, 4) is 0 Å². The molecular weight excluding hydrogens is 269 g/mol. The standard InChI is InChI=1S/C13H10FNOS2/c14-9-2-1-8-3-13(18-12(8)4-9)11(16)5-10-6-15-7-17-10/h1-4,6-7,11,16H,5H2. The molecule has 18 heavy (non-hydrogen) atoms. The second-order valence-electron chi connectivity index (χ2n) is 4.02. The molecule has 1 aromatic carbocycles. The Hall–Kier alpha value is -1.30. The maximum absolute atomic E-state index is 13.1. The summed E-state index contributed by atoms with van der Waals surface area (Å²) in [5, 5.41) is 11.1. The molecule has 0 spiro atoms. The van der Waals surface area contributed by atoms with Crippen molar-refractivity contribution in [2.75, 3.05) is 0 Å². The average molecular weight is 279 g/mol. The molecule has 92 valence electrons. The van der Waals surface area contributed by atoms with E-state index >= 15 is 0 Å². The van der Waals surface area contributed by atoms with E-state index in [0.717, 1.165) is 19.8 Å². The minimum absolute atomic E-state index is 0.243. The number of hydrogen-bond acceptors (Lipinski definition) is 4. The highest BCUT2D eigenvalue weighted by Gasteiger charge is 2.13. The summed E-state index contributed by atoms with van der Waals surface area (Å²) in [6.07, 6.45) is 1.77. The van der Waals surface area contributed by atoms with Crippen LogP contribution in [0.15, 0.2) is 36.0 Å². The van der Waals surface area contributed by atoms with Crippen LogP contribution in [0.25, 0.3) is 10.1 Å². The van der Waals surface area contributed by atoms with Crippen LogP contribution in [0.4, 0.5) is 4.39 Å². The molecule has 3 rings (SSSR count). The Kier molecular flexibility index (Phi) is 3.11. The van der Waals surface area contributed by atoms with Crippen molar-refractivity contribution in [2.45, 2.75) is 12.5 Å². The third-order valence-corrected chi connectivity index (χ3v) is 4.71. The molecule has 0 saturated heterocycles. The molecule has 1 atom stereocenters. The summed E-state index contributed by atoms with van der Waals surface area (Å²) in [4.78, 5) is 5.90. The number of fused-ring (bicyclic) bond motifs is 1. The second kappa shape index (κ2) is 4.76. The normalized spacial score (nSPS) is 13.0. The lowest BCUT2D eigenvalue weighted by Crippen LogP contribution is -1.97. The van der Waals surface area contributed by atoms with E-state index in [1.807, 2.05) is 6.07 Å². The van der Waals surface area contributed by atoms with Crippen LogP contribution in [0.3, 0.4) is 0 Å². The van der Waals surface area contributed by atoms with E-state index in [0.29, 0.717) is 6.42 Å². The molecule has 3 aromatic rings. The molecule has 0 radical (unpaired) electrons. The van der Waals surface area contributed by atoms with E-state index in [4.69, 9.17) is 0 Å². The maximum Gasteiger partial charge on any atom is 0.124 e. The van der Waals surface area contributed by atoms with E-state index < -0.39 is 6.10 Å². The number of rotatable bonds is 3. The van der Waals surface area contributed by atoms with Gasteiger partial charge in [0, 0.05) is 27.1 Å². The monoisotopic (exact) mass is 279 g/mol. The topological polar surface area (TPSA) is 33.1 Å². The molecule has 1 unspecified atom stereocenters. The van der Waals surface area contributed by atoms with Crippen molar-refractivity contribution in [2.24, 2.45) is 0 Å². The van der Waals surface area contributed by atoms with Crippen LogP contribution in [-0.4, -0.2) is 10.1 Å². The van der Waals surface area contributed by atoms with Crippen molar-refractivity contribution in [1.29, 1.82) is 0 Å². The lowest BCUT2D eigenvalue weighted by molar-refractivity contribution is 0.183. The van der Waals surface area contributed by atoms with Gasteiger partial charge in [-0.25, -0.2) is 4.39 Å². The smallest absolute Gasteiger partial charge is 0.124 e. The van der Waals surface area contributed by atoms with E-state index in [1.54, 1.807) is 17.8 Å². The summed E-state index contributed by atoms with van der Waals surface area (Å²) >= 11 is 2.96. The fourth-order valence-electron chi connectivity index (χ4n) is 1.82. The molecule has 0 aliphatic rings. The number of nitrogens with zero attached hydrogens (tertiary/aromatic N) is 1. The molecule has 2 nitrogen and oxygen atoms in total. The summed E-state index contributed by atoms with van der Waals surface area (Å²) in [5.41, 5.74) is 1.75. The zero-order chi connectivity index (χ0) is 12.5. The van der Waals surface area contributed by atoms with E-state index in [-0.39, 0.29) is 5.82 Å². The number of benzene rings is 1. The van der Waals surface area contributed by atoms with Gasteiger partial charge in [0.2, 0.25) is 0 Å². The summed E-state index contributed by atoms with van der Waals surface area (Å²) in [5.74, 6) is -0.243. The molecule has 1 N–H and O–H groups in total. The highest BCUT2D eigenvalue weighted by atomic mass is 32.1. The molecule has 0 fully saturated rings. The van der Waals surface area contributed by atoms with E-state index in [1.165, 1.54) is 34.8 Å². The predicted molar refractivity (Wildman–Crippen MR) is 72.6 cm³/mol. The summed E-state index contributed by atoms with van der Waals surface area (Å²) in [6.45, 7) is 0. The van der Waals surface area contributed by atoms with Crippen LogP contribution in [0.2, 0.25) is 0 Å². The van der Waals surface area contributed by atoms with Crippen LogP contribution < -0.4 is 0 Å². The van der Waals surface area contributed by atoms with Gasteiger partial charge in [0.25, 0.3) is 0 Å². The van der Waals surface area contributed by atoms with Gasteiger partial charge in [-0.2, -0.15) is 0 Å². The highest BCUT2D eigenvalue weighted by molar-refractivity contribution is 7.19. The Balaban J connectivity index is 1.89. The Bertz CT molecular complexity index is 663. The molecule has 0 aliphatic heterocycles. The molecule has 0 amide bonds. The first-order valence-corrected chi connectivity index (χ1v) is 7.16. The molecule has 0 saturated carbocycles. The molecular formula is C13H10FNOS2. The maximum atomic E-state index is 13.1. The van der Waals surface area contributed by atoms with Gasteiger partial charge in [-0.15, -0.1) is 22.7 Å². The second-order valence-corrected chi connectivity index (χ2v) is 6.10. The number of thiophene rings is 1. The first-order valence-electron chi connectivity index (χ1n) is 5.47. The molecule has 2 aromatic heterocycles. The minimum atomic E-state index is -0.550. The Morgan fingerprint density at radius 3 is 3.00 bits per heavy atom. The highest BCUT2D eigenvalue weighted by Crippen LogP contribution is 2.32. The van der Waals surface area contributed by atoms with Crippen molar-refractivity contribution in [1.82, 2.24) is 4.98 Å². The van der Waals surface area contributed by atoms with Gasteiger partial charge >= 0.3 is 0 Å². The third-order valence-electron chi connectivity index (χ3n) is 2.71. The largest absolute Gasteiger partial charge is 0.387 e. The van der Waals surface area contributed by atoms with Gasteiger partial charge in [0.15, 0.2) is 0 Å². The third kappa shape index (κ3) is 2.29. The first kappa shape index (κ1) is 11.8. The van der Waals surface area contributed by atoms with Gasteiger partial charge in [0.1, 0.15) is 5.82 Å². The van der Waals surface area contributed by atoms with Crippen molar-refractivity contribution >= 4 is 32.8 Å². The minimum Gasteiger partial charge on any atom is -0.387 e. The van der Waals surface area contributed by atoms with Gasteiger partial charge in [0.05, 0.1) is 11.6 Å². The lowest BCUT2D eigenvalue weighted by Gasteiger charge is -2.05. The van der Waals surface area contributed by atoms with Gasteiger partial charge in [-0.05, 0) is 23.6 Å². The predicted octanol–water partition coefficient (Wildman–Crippen LogP) is 3.77. The van der Waals surface area contributed by atoms with Crippen molar-refractivity contribution < 1.29 is 9.50 Å². The van der Waals surface area contributed by atoms with E-state index in [9.17, 15) is 9.50 Å². The fraction of sp³-hybridized carbons (Fsp3) is 0.154. The Morgan fingerprint density at radius 1 is 1.33 bits per heavy atom. The van der Waals surface area contributed by atoms with Gasteiger partial charge in [-0.1, -0.05) is 6.07 Å². The first-order chi connectivity index (χ1) is 8.72. The van der Waals surface area contributed by atoms with Gasteiger partial charge < -0.3 is 5.11 Å². The number of aliphatic hydroxyl groups is 1. The Morgan fingerprint density at radius 2 is 2.22 bits per heavy atom. The molecule has 0 aliphatic carbocycles. The molecule has 2 heterocycles. The number of aromatic nitrogens is 1. The number of thiazole rings is 1. The van der Waals surface area contributed by atoms with Crippen LogP contribution in [0.5, 0.6) is 0 Å². The molecule has 5 heteroatoms. The fourth-order valence-corrected chi connectivity index (χ4v) is 3.53. The van der Waals surface area contributed by atoms with Crippen LogP contribution in [0.1, 0.15) is 15.9 Å². The van der Waals surface area contributed by atoms with Crippen LogP contribution in [-0.2, 0) is 6.42 Å². The number of aliphatic hydroxyl groups excluding tert-OH is 1. The number of hydrogen-bond donors (Lipinski definition) is 1. The summed E-state index contributed by atoms with van der Waals surface area (Å²) < 4.78 is 14.0. The van der Waals surface area contributed by atoms with Crippen molar-refractivity contribution in [3.05, 3.63) is 51.5 Å². The SMILES string of the molecule is OC(Cc1cncs1)c1cc2ccc(F)cc2s1. The van der Waals surface area contributed by atoms with E-state index in [2.05, 4.69) is 4.98 Å². The van der Waals surface area contributed by atoms with Crippen LogP contribution in [0, 0.1) is 5.82 Å². The molecule has 0 bridgehead atoms. The quantitative estimate of drug-likeness (QED) is 0.791. The average Bonchev–Trinajstić information content (AvgIpc) is 2.96. The number of halogens is 1.